The molecule has 1 aliphatic heterocycles. The minimum atomic E-state index is -1.50. The maximum atomic E-state index is 12.8. The molecule has 1 aromatic carbocycles. The molecule has 1 aliphatic rings. The third kappa shape index (κ3) is 4.64. The van der Waals surface area contributed by atoms with Gasteiger partial charge in [-0.05, 0) is 38.5 Å². The molecule has 26 heavy (non-hydrogen) atoms. The number of carbonyl (C=O) groups excluding carboxylic acids is 2. The van der Waals surface area contributed by atoms with Gasteiger partial charge in [-0.3, -0.25) is 4.79 Å². The zero-order valence-corrected chi connectivity index (χ0v) is 15.7. The molecule has 2 rings (SSSR count). The Bertz CT molecular complexity index is 658. The standard InChI is InChI=1S/C20H26O6/c1-6-11-20(18(22)26-19(2,3)4)16(12-17(21)25-20)24-13-14-7-9-15(23-5)10-8-14/h6-10,16H,1,11-13H2,2-5H3/t16-,20+/m0/s1. The van der Waals surface area contributed by atoms with Crippen molar-refractivity contribution in [2.45, 2.75) is 57.5 Å². The first-order chi connectivity index (χ1) is 12.2. The number of esters is 2. The molecule has 0 aromatic heterocycles. The van der Waals surface area contributed by atoms with E-state index in [2.05, 4.69) is 6.58 Å². The van der Waals surface area contributed by atoms with Crippen LogP contribution in [0.4, 0.5) is 0 Å². The highest BCUT2D eigenvalue weighted by Gasteiger charge is 2.57. The topological polar surface area (TPSA) is 71.1 Å². The lowest BCUT2D eigenvalue weighted by Gasteiger charge is -2.33. The Labute approximate surface area is 154 Å². The summed E-state index contributed by atoms with van der Waals surface area (Å²) >= 11 is 0. The monoisotopic (exact) mass is 362 g/mol. The van der Waals surface area contributed by atoms with E-state index in [1.807, 2.05) is 24.3 Å². The number of hydrogen-bond donors (Lipinski definition) is 0. The van der Waals surface area contributed by atoms with Crippen molar-refractivity contribution in [3.8, 4) is 5.75 Å². The van der Waals surface area contributed by atoms with Crippen LogP contribution in [0.1, 0.15) is 39.2 Å². The van der Waals surface area contributed by atoms with Crippen molar-refractivity contribution in [3.63, 3.8) is 0 Å². The predicted molar refractivity (Wildman–Crippen MR) is 95.7 cm³/mol. The molecule has 1 saturated heterocycles. The summed E-state index contributed by atoms with van der Waals surface area (Å²) in [5.74, 6) is -0.365. The van der Waals surface area contributed by atoms with Crippen molar-refractivity contribution in [1.82, 2.24) is 0 Å². The summed E-state index contributed by atoms with van der Waals surface area (Å²) in [5, 5.41) is 0. The third-order valence-corrected chi connectivity index (χ3v) is 3.97. The first-order valence-electron chi connectivity index (χ1n) is 8.51. The van der Waals surface area contributed by atoms with E-state index < -0.39 is 29.2 Å². The summed E-state index contributed by atoms with van der Waals surface area (Å²) < 4.78 is 21.9. The second-order valence-corrected chi connectivity index (χ2v) is 7.21. The summed E-state index contributed by atoms with van der Waals surface area (Å²) in [4.78, 5) is 24.7. The van der Waals surface area contributed by atoms with Gasteiger partial charge in [-0.2, -0.15) is 0 Å². The molecule has 0 bridgehead atoms. The van der Waals surface area contributed by atoms with Gasteiger partial charge in [-0.25, -0.2) is 4.79 Å². The van der Waals surface area contributed by atoms with Crippen molar-refractivity contribution < 1.29 is 28.5 Å². The fraction of sp³-hybridized carbons (Fsp3) is 0.500. The Balaban J connectivity index is 2.18. The van der Waals surface area contributed by atoms with Crippen LogP contribution in [-0.4, -0.2) is 36.4 Å². The Morgan fingerprint density at radius 2 is 2.00 bits per heavy atom. The molecule has 0 amide bonds. The number of cyclic esters (lactones) is 1. The lowest BCUT2D eigenvalue weighted by molar-refractivity contribution is -0.193. The smallest absolute Gasteiger partial charge is 0.354 e. The molecule has 0 spiro atoms. The molecule has 6 heteroatoms. The first-order valence-corrected chi connectivity index (χ1v) is 8.51. The number of methoxy groups -OCH3 is 1. The third-order valence-electron chi connectivity index (χ3n) is 3.97. The van der Waals surface area contributed by atoms with E-state index in [0.717, 1.165) is 11.3 Å². The number of rotatable bonds is 7. The van der Waals surface area contributed by atoms with E-state index in [4.69, 9.17) is 18.9 Å². The summed E-state index contributed by atoms with van der Waals surface area (Å²) in [6, 6.07) is 7.36. The average molecular weight is 362 g/mol. The van der Waals surface area contributed by atoms with Crippen molar-refractivity contribution in [3.05, 3.63) is 42.5 Å². The highest BCUT2D eigenvalue weighted by atomic mass is 16.6. The number of carbonyl (C=O) groups is 2. The molecule has 1 aromatic rings. The SMILES string of the molecule is C=CC[C@@]1(C(=O)OC(C)(C)C)OC(=O)C[C@@H]1OCc1ccc(OC)cc1. The molecular weight excluding hydrogens is 336 g/mol. The van der Waals surface area contributed by atoms with Crippen LogP contribution >= 0.6 is 0 Å². The van der Waals surface area contributed by atoms with E-state index in [9.17, 15) is 9.59 Å². The van der Waals surface area contributed by atoms with Gasteiger partial charge in [-0.15, -0.1) is 6.58 Å². The molecule has 0 saturated carbocycles. The van der Waals surface area contributed by atoms with Gasteiger partial charge >= 0.3 is 11.9 Å². The van der Waals surface area contributed by atoms with Gasteiger partial charge < -0.3 is 18.9 Å². The fourth-order valence-electron chi connectivity index (χ4n) is 2.75. The van der Waals surface area contributed by atoms with Crippen LogP contribution < -0.4 is 4.74 Å². The van der Waals surface area contributed by atoms with E-state index in [0.29, 0.717) is 0 Å². The summed E-state index contributed by atoms with van der Waals surface area (Å²) in [6.07, 6.45) is 0.904. The van der Waals surface area contributed by atoms with Gasteiger partial charge in [0.05, 0.1) is 20.1 Å². The minimum Gasteiger partial charge on any atom is -0.497 e. The van der Waals surface area contributed by atoms with E-state index >= 15 is 0 Å². The Hall–Kier alpha value is -2.34. The lowest BCUT2D eigenvalue weighted by atomic mass is 9.92. The summed E-state index contributed by atoms with van der Waals surface area (Å²) in [6.45, 7) is 9.19. The van der Waals surface area contributed by atoms with Crippen LogP contribution in [0.25, 0.3) is 0 Å². The molecule has 2 atom stereocenters. The normalized spacial score (nSPS) is 22.6. The highest BCUT2D eigenvalue weighted by molar-refractivity contribution is 5.88. The number of hydrogen-bond acceptors (Lipinski definition) is 6. The van der Waals surface area contributed by atoms with Crippen molar-refractivity contribution >= 4 is 11.9 Å². The van der Waals surface area contributed by atoms with Crippen molar-refractivity contribution in [2.24, 2.45) is 0 Å². The van der Waals surface area contributed by atoms with Crippen LogP contribution in [0.3, 0.4) is 0 Å². The largest absolute Gasteiger partial charge is 0.497 e. The van der Waals surface area contributed by atoms with E-state index in [1.165, 1.54) is 6.08 Å². The van der Waals surface area contributed by atoms with Crippen LogP contribution in [0, 0.1) is 0 Å². The molecule has 0 aliphatic carbocycles. The number of benzene rings is 1. The molecule has 0 unspecified atom stereocenters. The summed E-state index contributed by atoms with van der Waals surface area (Å²) in [5.41, 5.74) is -1.32. The highest BCUT2D eigenvalue weighted by Crippen LogP contribution is 2.36. The minimum absolute atomic E-state index is 0.0107. The van der Waals surface area contributed by atoms with Gasteiger partial charge in [0.2, 0.25) is 5.60 Å². The van der Waals surface area contributed by atoms with Crippen LogP contribution in [0.15, 0.2) is 36.9 Å². The first kappa shape index (κ1) is 20.0. The van der Waals surface area contributed by atoms with Gasteiger partial charge in [0.15, 0.2) is 0 Å². The molecule has 0 radical (unpaired) electrons. The van der Waals surface area contributed by atoms with Crippen LogP contribution in [0.2, 0.25) is 0 Å². The Morgan fingerprint density at radius 1 is 1.35 bits per heavy atom. The second-order valence-electron chi connectivity index (χ2n) is 7.21. The Morgan fingerprint density at radius 3 is 2.54 bits per heavy atom. The van der Waals surface area contributed by atoms with Crippen LogP contribution in [-0.2, 0) is 30.4 Å². The summed E-state index contributed by atoms with van der Waals surface area (Å²) in [7, 11) is 1.59. The van der Waals surface area contributed by atoms with Crippen molar-refractivity contribution in [2.75, 3.05) is 7.11 Å². The second kappa shape index (κ2) is 7.91. The fourth-order valence-corrected chi connectivity index (χ4v) is 2.75. The predicted octanol–water partition coefficient (Wildman–Crippen LogP) is 3.18. The molecule has 6 nitrogen and oxygen atoms in total. The molecule has 0 N–H and O–H groups in total. The maximum Gasteiger partial charge on any atom is 0.354 e. The van der Waals surface area contributed by atoms with Gasteiger partial charge in [0.25, 0.3) is 0 Å². The zero-order chi connectivity index (χ0) is 19.4. The van der Waals surface area contributed by atoms with Gasteiger partial charge in [0.1, 0.15) is 17.5 Å². The molecule has 1 heterocycles. The van der Waals surface area contributed by atoms with E-state index in [1.54, 1.807) is 27.9 Å². The van der Waals surface area contributed by atoms with Gasteiger partial charge in [0, 0.05) is 6.42 Å². The molecular formula is C20H26O6. The molecule has 1 fully saturated rings. The van der Waals surface area contributed by atoms with Crippen molar-refractivity contribution in [1.29, 1.82) is 0 Å². The lowest BCUT2D eigenvalue weighted by Crippen LogP contribution is -2.51. The Kier molecular flexibility index (Phi) is 6.08. The van der Waals surface area contributed by atoms with Gasteiger partial charge in [-0.1, -0.05) is 18.2 Å². The quantitative estimate of drug-likeness (QED) is 0.548. The number of ether oxygens (including phenoxy) is 4. The van der Waals surface area contributed by atoms with Crippen LogP contribution in [0.5, 0.6) is 5.75 Å². The molecule has 142 valence electrons. The zero-order valence-electron chi connectivity index (χ0n) is 15.7. The average Bonchev–Trinajstić information content (AvgIpc) is 2.89. The maximum absolute atomic E-state index is 12.8. The van der Waals surface area contributed by atoms with E-state index in [-0.39, 0.29) is 19.4 Å².